The minimum atomic E-state index is -0.507. The minimum Gasteiger partial charge on any atom is -0.335 e. The zero-order valence-corrected chi connectivity index (χ0v) is 19.0. The van der Waals surface area contributed by atoms with E-state index in [9.17, 15) is 4.39 Å². The van der Waals surface area contributed by atoms with Crippen LogP contribution in [0.15, 0.2) is 43.0 Å². The molecule has 1 saturated heterocycles. The molecule has 6 heterocycles. The molecule has 1 fully saturated rings. The molecule has 2 N–H and O–H groups in total. The summed E-state index contributed by atoms with van der Waals surface area (Å²) in [6.07, 6.45) is 10.4. The number of piperidine rings is 1. The minimum absolute atomic E-state index is 0.0796. The van der Waals surface area contributed by atoms with E-state index < -0.39 is 5.82 Å². The van der Waals surface area contributed by atoms with Crippen LogP contribution < -0.4 is 0 Å². The van der Waals surface area contributed by atoms with Crippen molar-refractivity contribution in [2.75, 3.05) is 13.1 Å². The van der Waals surface area contributed by atoms with Gasteiger partial charge in [-0.1, -0.05) is 6.42 Å². The largest absolute Gasteiger partial charge is 0.335 e. The van der Waals surface area contributed by atoms with Gasteiger partial charge in [-0.3, -0.25) is 20.0 Å². The molecule has 7 nitrogen and oxygen atoms in total. The first kappa shape index (κ1) is 21.1. The van der Waals surface area contributed by atoms with Crippen molar-refractivity contribution in [2.45, 2.75) is 25.8 Å². The molecule has 5 aromatic heterocycles. The highest BCUT2D eigenvalue weighted by Gasteiger charge is 2.21. The molecule has 0 aromatic carbocycles. The van der Waals surface area contributed by atoms with E-state index in [2.05, 4.69) is 35.0 Å². The number of pyridine rings is 2. The van der Waals surface area contributed by atoms with E-state index in [1.54, 1.807) is 24.7 Å². The predicted molar refractivity (Wildman–Crippen MR) is 127 cm³/mol. The molecule has 34 heavy (non-hydrogen) atoms. The first-order valence-electron chi connectivity index (χ1n) is 11.2. The fraction of sp³-hybridized carbons (Fsp3) is 0.250. The Morgan fingerprint density at radius 3 is 2.68 bits per heavy atom. The van der Waals surface area contributed by atoms with Crippen LogP contribution in [-0.2, 0) is 6.54 Å². The molecule has 5 aromatic rings. The van der Waals surface area contributed by atoms with Gasteiger partial charge in [0.15, 0.2) is 22.5 Å². The highest BCUT2D eigenvalue weighted by atomic mass is 32.1. The number of H-pyrrole nitrogens is 2. The molecule has 0 radical (unpaired) electrons. The Bertz CT molecular complexity index is 1470. The first-order valence-corrected chi connectivity index (χ1v) is 12.0. The van der Waals surface area contributed by atoms with Gasteiger partial charge in [-0.2, -0.15) is 9.49 Å². The molecule has 0 amide bonds. The lowest BCUT2D eigenvalue weighted by Gasteiger charge is -2.26. The maximum Gasteiger partial charge on any atom is 0.180 e. The highest BCUT2D eigenvalue weighted by Crippen LogP contribution is 2.34. The van der Waals surface area contributed by atoms with E-state index in [4.69, 9.17) is 0 Å². The van der Waals surface area contributed by atoms with Crippen molar-refractivity contribution in [2.24, 2.45) is 0 Å². The summed E-state index contributed by atoms with van der Waals surface area (Å²) in [5.74, 6) is -0.230. The third-order valence-electron chi connectivity index (χ3n) is 6.10. The lowest BCUT2D eigenvalue weighted by atomic mass is 10.1. The van der Waals surface area contributed by atoms with Gasteiger partial charge in [-0.25, -0.2) is 9.37 Å². The number of aromatic amines is 2. The van der Waals surface area contributed by atoms with Crippen LogP contribution >= 0.6 is 11.3 Å². The van der Waals surface area contributed by atoms with Gasteiger partial charge in [-0.15, -0.1) is 11.3 Å². The Morgan fingerprint density at radius 1 is 1.00 bits per heavy atom. The number of rotatable bonds is 5. The summed E-state index contributed by atoms with van der Waals surface area (Å²) in [7, 11) is 0. The molecule has 0 spiro atoms. The Balaban J connectivity index is 1.33. The van der Waals surface area contributed by atoms with Gasteiger partial charge in [-0.05, 0) is 49.7 Å². The average molecular weight is 478 g/mol. The lowest BCUT2D eigenvalue weighted by Crippen LogP contribution is -2.29. The van der Waals surface area contributed by atoms with Gasteiger partial charge in [0.2, 0.25) is 0 Å². The van der Waals surface area contributed by atoms with E-state index in [0.717, 1.165) is 36.5 Å². The molecule has 0 aliphatic carbocycles. The maximum atomic E-state index is 15.5. The number of imidazole rings is 1. The van der Waals surface area contributed by atoms with Crippen LogP contribution in [-0.4, -0.2) is 48.1 Å². The van der Waals surface area contributed by atoms with Crippen LogP contribution in [0.1, 0.15) is 24.8 Å². The summed E-state index contributed by atoms with van der Waals surface area (Å²) in [5.41, 5.74) is 3.91. The summed E-state index contributed by atoms with van der Waals surface area (Å²) in [5, 5.41) is 6.72. The average Bonchev–Trinajstić information content (AvgIpc) is 3.57. The third-order valence-corrected chi connectivity index (χ3v) is 7.01. The van der Waals surface area contributed by atoms with Gasteiger partial charge in [0.25, 0.3) is 0 Å². The second kappa shape index (κ2) is 8.69. The monoisotopic (exact) mass is 477 g/mol. The first-order chi connectivity index (χ1) is 16.7. The summed E-state index contributed by atoms with van der Waals surface area (Å²) in [6, 6.07) is 5.04. The number of fused-ring (bicyclic) bond motifs is 1. The van der Waals surface area contributed by atoms with Crippen molar-refractivity contribution < 1.29 is 8.78 Å². The molecule has 0 bridgehead atoms. The third kappa shape index (κ3) is 3.88. The van der Waals surface area contributed by atoms with E-state index in [1.807, 2.05) is 12.3 Å². The van der Waals surface area contributed by atoms with Crippen LogP contribution in [0.25, 0.3) is 44.2 Å². The van der Waals surface area contributed by atoms with Crippen LogP contribution in [0.3, 0.4) is 0 Å². The van der Waals surface area contributed by atoms with Crippen molar-refractivity contribution in [3.63, 3.8) is 0 Å². The molecule has 0 atom stereocenters. The van der Waals surface area contributed by atoms with Crippen LogP contribution in [0.4, 0.5) is 8.78 Å². The maximum absolute atomic E-state index is 15.5. The van der Waals surface area contributed by atoms with Crippen molar-refractivity contribution in [3.05, 3.63) is 59.5 Å². The van der Waals surface area contributed by atoms with E-state index >= 15 is 4.39 Å². The zero-order chi connectivity index (χ0) is 23.1. The zero-order valence-electron chi connectivity index (χ0n) is 18.2. The van der Waals surface area contributed by atoms with E-state index in [-0.39, 0.29) is 22.3 Å². The summed E-state index contributed by atoms with van der Waals surface area (Å²) >= 11 is 1.01. The van der Waals surface area contributed by atoms with Gasteiger partial charge >= 0.3 is 0 Å². The quantitative estimate of drug-likeness (QED) is 0.354. The van der Waals surface area contributed by atoms with Crippen LogP contribution in [0.2, 0.25) is 0 Å². The number of halogens is 2. The van der Waals surface area contributed by atoms with Crippen LogP contribution in [0, 0.1) is 10.9 Å². The fourth-order valence-corrected chi connectivity index (χ4v) is 5.19. The predicted octanol–water partition coefficient (Wildman–Crippen LogP) is 5.40. The topological polar surface area (TPSA) is 86.4 Å². The lowest BCUT2D eigenvalue weighted by molar-refractivity contribution is 0.220. The van der Waals surface area contributed by atoms with Crippen molar-refractivity contribution >= 4 is 22.4 Å². The molecule has 1 aliphatic rings. The molecule has 1 aliphatic heterocycles. The second-order valence-corrected chi connectivity index (χ2v) is 9.49. The highest BCUT2D eigenvalue weighted by molar-refractivity contribution is 7.14. The Hall–Kier alpha value is -3.50. The Morgan fingerprint density at radius 2 is 1.85 bits per heavy atom. The summed E-state index contributed by atoms with van der Waals surface area (Å²) in [4.78, 5) is 19.3. The number of nitrogens with one attached hydrogen (secondary N) is 2. The number of nitrogens with zero attached hydrogens (tertiary/aromatic N) is 5. The van der Waals surface area contributed by atoms with Gasteiger partial charge in [0, 0.05) is 41.1 Å². The molecular weight excluding hydrogens is 456 g/mol. The van der Waals surface area contributed by atoms with E-state index in [1.165, 1.54) is 25.3 Å². The van der Waals surface area contributed by atoms with Crippen molar-refractivity contribution in [1.82, 2.24) is 35.0 Å². The van der Waals surface area contributed by atoms with Gasteiger partial charge in [0.05, 0.1) is 11.7 Å². The molecule has 6 rings (SSSR count). The fourth-order valence-electron chi connectivity index (χ4n) is 4.45. The van der Waals surface area contributed by atoms with Gasteiger partial charge < -0.3 is 4.98 Å². The number of thiophene rings is 1. The number of aromatic nitrogens is 6. The Kier molecular flexibility index (Phi) is 5.39. The standard InChI is InChI=1S/C24H21F2N7S/c25-19-5-4-18(34-19)16-11-28-12-17-22(16)30-24(29-17)23-20(26)21(31-32-23)15-8-14(9-27-10-15)13-33-6-2-1-3-7-33/h4-5,8-12H,1-3,6-7,13H2,(H,29,30)(H,31,32). The van der Waals surface area contributed by atoms with Crippen LogP contribution in [0.5, 0.6) is 0 Å². The summed E-state index contributed by atoms with van der Waals surface area (Å²) in [6.45, 7) is 2.95. The molecule has 0 saturated carbocycles. The SMILES string of the molecule is Fc1ccc(-c2cncc3[nH]c(-c4n[nH]c(-c5cncc(CN6CCCCC6)c5)c4F)nc23)s1. The van der Waals surface area contributed by atoms with Gasteiger partial charge in [0.1, 0.15) is 11.2 Å². The number of likely N-dealkylation sites (tertiary alicyclic amines) is 1. The van der Waals surface area contributed by atoms with Crippen molar-refractivity contribution in [3.8, 4) is 33.2 Å². The molecule has 172 valence electrons. The molecule has 0 unspecified atom stereocenters. The Labute approximate surface area is 197 Å². The normalized spacial score (nSPS) is 14.8. The molecular formula is C24H21F2N7S. The number of hydrogen-bond acceptors (Lipinski definition) is 6. The van der Waals surface area contributed by atoms with E-state index in [0.29, 0.717) is 27.0 Å². The summed E-state index contributed by atoms with van der Waals surface area (Å²) < 4.78 is 29.1. The smallest absolute Gasteiger partial charge is 0.180 e. The second-order valence-electron chi connectivity index (χ2n) is 8.45. The van der Waals surface area contributed by atoms with Crippen molar-refractivity contribution in [1.29, 1.82) is 0 Å². The molecule has 10 heteroatoms. The number of hydrogen-bond donors (Lipinski definition) is 2.